The fourth-order valence-corrected chi connectivity index (χ4v) is 3.00. The van der Waals surface area contributed by atoms with E-state index in [0.717, 1.165) is 17.7 Å². The van der Waals surface area contributed by atoms with E-state index in [1.807, 2.05) is 0 Å². The third-order valence-corrected chi connectivity index (χ3v) is 4.17. The van der Waals surface area contributed by atoms with Gasteiger partial charge in [-0.05, 0) is 12.8 Å². The number of hydrogen-bond acceptors (Lipinski definition) is 4. The SMILES string of the molecule is COC(=O)C(Br)CN1C(=O)NC2(CCCC2)C1=O. The molecule has 1 heterocycles. The van der Waals surface area contributed by atoms with Gasteiger partial charge in [0.1, 0.15) is 10.4 Å². The lowest BCUT2D eigenvalue weighted by Crippen LogP contribution is -2.44. The summed E-state index contributed by atoms with van der Waals surface area (Å²) in [5.41, 5.74) is -0.722. The first-order valence-corrected chi connectivity index (χ1v) is 6.78. The van der Waals surface area contributed by atoms with Gasteiger partial charge in [-0.1, -0.05) is 28.8 Å². The second-order valence-corrected chi connectivity index (χ2v) is 5.73. The van der Waals surface area contributed by atoms with Gasteiger partial charge in [0.25, 0.3) is 5.91 Å². The molecule has 1 unspecified atom stereocenters. The molecule has 2 aliphatic rings. The van der Waals surface area contributed by atoms with Crippen LogP contribution in [0.3, 0.4) is 0 Å². The summed E-state index contributed by atoms with van der Waals surface area (Å²) in [6.07, 6.45) is 3.24. The normalized spacial score (nSPS) is 23.3. The molecule has 7 heteroatoms. The number of nitrogens with zero attached hydrogens (tertiary/aromatic N) is 1. The third-order valence-electron chi connectivity index (χ3n) is 3.50. The Morgan fingerprint density at radius 1 is 1.50 bits per heavy atom. The van der Waals surface area contributed by atoms with E-state index < -0.39 is 22.4 Å². The quantitative estimate of drug-likeness (QED) is 0.474. The topological polar surface area (TPSA) is 75.7 Å². The molecule has 0 radical (unpaired) electrons. The third kappa shape index (κ3) is 2.11. The van der Waals surface area contributed by atoms with Gasteiger partial charge in [-0.15, -0.1) is 0 Å². The van der Waals surface area contributed by atoms with E-state index in [0.29, 0.717) is 12.8 Å². The molecule has 3 amide bonds. The van der Waals surface area contributed by atoms with Crippen molar-refractivity contribution in [1.82, 2.24) is 10.2 Å². The molecule has 0 aromatic heterocycles. The van der Waals surface area contributed by atoms with Crippen LogP contribution in [0.15, 0.2) is 0 Å². The van der Waals surface area contributed by atoms with E-state index in [1.54, 1.807) is 0 Å². The predicted molar refractivity (Wildman–Crippen MR) is 66.2 cm³/mol. The first-order valence-electron chi connectivity index (χ1n) is 5.86. The minimum atomic E-state index is -0.722. The zero-order valence-electron chi connectivity index (χ0n) is 10.1. The largest absolute Gasteiger partial charge is 0.468 e. The molecular weight excluding hydrogens is 304 g/mol. The zero-order valence-corrected chi connectivity index (χ0v) is 11.7. The van der Waals surface area contributed by atoms with Crippen molar-refractivity contribution in [3.63, 3.8) is 0 Å². The molecule has 1 saturated heterocycles. The Kier molecular flexibility index (Phi) is 3.61. The Morgan fingerprint density at radius 3 is 2.67 bits per heavy atom. The summed E-state index contributed by atoms with van der Waals surface area (Å²) >= 11 is 3.12. The van der Waals surface area contributed by atoms with Crippen LogP contribution >= 0.6 is 15.9 Å². The highest BCUT2D eigenvalue weighted by molar-refractivity contribution is 9.10. The maximum absolute atomic E-state index is 12.3. The van der Waals surface area contributed by atoms with Crippen molar-refractivity contribution in [3.05, 3.63) is 0 Å². The van der Waals surface area contributed by atoms with E-state index in [2.05, 4.69) is 26.0 Å². The van der Waals surface area contributed by atoms with Gasteiger partial charge in [0.2, 0.25) is 0 Å². The van der Waals surface area contributed by atoms with Gasteiger partial charge in [-0.2, -0.15) is 0 Å². The van der Waals surface area contributed by atoms with Gasteiger partial charge in [-0.3, -0.25) is 14.5 Å². The first-order chi connectivity index (χ1) is 8.50. The fraction of sp³-hybridized carbons (Fsp3) is 0.727. The van der Waals surface area contributed by atoms with Crippen LogP contribution in [0.5, 0.6) is 0 Å². The van der Waals surface area contributed by atoms with Crippen LogP contribution in [0.4, 0.5) is 4.79 Å². The summed E-state index contributed by atoms with van der Waals surface area (Å²) in [4.78, 5) is 35.8. The Morgan fingerprint density at radius 2 is 2.11 bits per heavy atom. The molecule has 1 atom stereocenters. The summed E-state index contributed by atoms with van der Waals surface area (Å²) in [6.45, 7) is -0.000903. The van der Waals surface area contributed by atoms with E-state index in [1.165, 1.54) is 7.11 Å². The van der Waals surface area contributed by atoms with Gasteiger partial charge in [-0.25, -0.2) is 4.79 Å². The lowest BCUT2D eigenvalue weighted by atomic mass is 9.98. The minimum Gasteiger partial charge on any atom is -0.468 e. The van der Waals surface area contributed by atoms with Crippen LogP contribution in [-0.2, 0) is 14.3 Å². The van der Waals surface area contributed by atoms with Crippen molar-refractivity contribution in [3.8, 4) is 0 Å². The van der Waals surface area contributed by atoms with Crippen LogP contribution in [0.2, 0.25) is 0 Å². The number of carbonyl (C=O) groups is 3. The second-order valence-electron chi connectivity index (χ2n) is 4.63. The number of carbonyl (C=O) groups excluding carboxylic acids is 3. The van der Waals surface area contributed by atoms with Gasteiger partial charge >= 0.3 is 12.0 Å². The molecule has 1 spiro atoms. The number of alkyl halides is 1. The molecule has 2 fully saturated rings. The van der Waals surface area contributed by atoms with Crippen molar-refractivity contribution < 1.29 is 19.1 Å². The van der Waals surface area contributed by atoms with Gasteiger partial charge in [0, 0.05) is 0 Å². The molecule has 0 aromatic carbocycles. The molecule has 1 aliphatic carbocycles. The number of amides is 3. The van der Waals surface area contributed by atoms with Crippen LogP contribution < -0.4 is 5.32 Å². The van der Waals surface area contributed by atoms with Crippen LogP contribution in [-0.4, -0.2) is 46.8 Å². The summed E-state index contributed by atoms with van der Waals surface area (Å²) in [7, 11) is 1.26. The molecule has 6 nitrogen and oxygen atoms in total. The second kappa shape index (κ2) is 4.87. The van der Waals surface area contributed by atoms with Crippen molar-refractivity contribution in [1.29, 1.82) is 0 Å². The van der Waals surface area contributed by atoms with E-state index in [9.17, 15) is 14.4 Å². The number of nitrogens with one attached hydrogen (secondary N) is 1. The molecule has 18 heavy (non-hydrogen) atoms. The average molecular weight is 319 g/mol. The Balaban J connectivity index is 2.08. The highest BCUT2D eigenvalue weighted by Crippen LogP contribution is 2.35. The highest BCUT2D eigenvalue weighted by atomic mass is 79.9. The number of imide groups is 1. The van der Waals surface area contributed by atoms with Gasteiger partial charge < -0.3 is 10.1 Å². The minimum absolute atomic E-state index is 0.000903. The standard InChI is InChI=1S/C11H15BrN2O4/c1-18-8(15)7(12)6-14-9(16)11(13-10(14)17)4-2-3-5-11/h7H,2-6H2,1H3,(H,13,17). The average Bonchev–Trinajstić information content (AvgIpc) is 2.90. The number of ether oxygens (including phenoxy) is 1. The smallest absolute Gasteiger partial charge is 0.325 e. The van der Waals surface area contributed by atoms with Crippen molar-refractivity contribution in [2.45, 2.75) is 36.0 Å². The number of halogens is 1. The van der Waals surface area contributed by atoms with E-state index >= 15 is 0 Å². The van der Waals surface area contributed by atoms with Gasteiger partial charge in [0.15, 0.2) is 0 Å². The van der Waals surface area contributed by atoms with Crippen LogP contribution in [0, 0.1) is 0 Å². The van der Waals surface area contributed by atoms with E-state index in [4.69, 9.17) is 0 Å². The summed E-state index contributed by atoms with van der Waals surface area (Å²) in [5, 5.41) is 2.76. The summed E-state index contributed by atoms with van der Waals surface area (Å²) in [6, 6.07) is -0.421. The molecule has 1 N–H and O–H groups in total. The number of hydrogen-bond donors (Lipinski definition) is 1. The van der Waals surface area contributed by atoms with E-state index in [-0.39, 0.29) is 12.5 Å². The number of urea groups is 1. The molecule has 2 rings (SSSR count). The van der Waals surface area contributed by atoms with Crippen molar-refractivity contribution in [2.24, 2.45) is 0 Å². The maximum atomic E-state index is 12.3. The summed E-state index contributed by atoms with van der Waals surface area (Å²) < 4.78 is 4.55. The number of esters is 1. The predicted octanol–water partition coefficient (Wildman–Crippen LogP) is 0.787. The first kappa shape index (κ1) is 13.3. The van der Waals surface area contributed by atoms with Gasteiger partial charge in [0.05, 0.1) is 13.7 Å². The zero-order chi connectivity index (χ0) is 13.3. The molecule has 0 bridgehead atoms. The van der Waals surface area contributed by atoms with Crippen molar-refractivity contribution >= 4 is 33.8 Å². The van der Waals surface area contributed by atoms with Crippen molar-refractivity contribution in [2.75, 3.05) is 13.7 Å². The van der Waals surface area contributed by atoms with Crippen LogP contribution in [0.25, 0.3) is 0 Å². The maximum Gasteiger partial charge on any atom is 0.325 e. The lowest BCUT2D eigenvalue weighted by molar-refractivity contribution is -0.140. The Labute approximate surface area is 113 Å². The van der Waals surface area contributed by atoms with Crippen LogP contribution in [0.1, 0.15) is 25.7 Å². The molecule has 1 saturated carbocycles. The summed E-state index contributed by atoms with van der Waals surface area (Å²) in [5.74, 6) is -0.721. The Bertz CT molecular complexity index is 393. The monoisotopic (exact) mass is 318 g/mol. The molecule has 1 aliphatic heterocycles. The lowest BCUT2D eigenvalue weighted by Gasteiger charge is -2.20. The number of rotatable bonds is 3. The molecular formula is C11H15BrN2O4. The fourth-order valence-electron chi connectivity index (χ4n) is 2.52. The molecule has 100 valence electrons. The number of methoxy groups -OCH3 is 1. The highest BCUT2D eigenvalue weighted by Gasteiger charge is 2.52. The Hall–Kier alpha value is -1.11. The molecule has 0 aromatic rings.